The quantitative estimate of drug-likeness (QED) is 0.166. The van der Waals surface area contributed by atoms with Crippen LogP contribution in [0, 0.1) is 0 Å². The van der Waals surface area contributed by atoms with Crippen LogP contribution in [0.25, 0.3) is 95.0 Å². The number of fused-ring (bicyclic) bond motifs is 3. The highest BCUT2D eigenvalue weighted by molar-refractivity contribution is 6.10. The molecule has 0 spiro atoms. The maximum atomic E-state index is 4.99. The summed E-state index contributed by atoms with van der Waals surface area (Å²) in [4.78, 5) is 14.9. The van der Waals surface area contributed by atoms with Gasteiger partial charge in [-0.3, -0.25) is 0 Å². The summed E-state index contributed by atoms with van der Waals surface area (Å²) in [5, 5.41) is 2.40. The number of rotatable bonds is 7. The minimum absolute atomic E-state index is 0.639. The van der Waals surface area contributed by atoms with E-state index in [-0.39, 0.29) is 0 Å². The van der Waals surface area contributed by atoms with Crippen molar-refractivity contribution in [1.82, 2.24) is 19.5 Å². The molecule has 0 aliphatic rings. The van der Waals surface area contributed by atoms with Gasteiger partial charge in [-0.25, -0.2) is 15.0 Å². The van der Waals surface area contributed by atoms with Crippen molar-refractivity contribution in [3.63, 3.8) is 0 Å². The van der Waals surface area contributed by atoms with Crippen LogP contribution >= 0.6 is 0 Å². The lowest BCUT2D eigenvalue weighted by molar-refractivity contribution is 1.07. The molecular weight excluding hydrogens is 669 g/mol. The summed E-state index contributed by atoms with van der Waals surface area (Å²) in [6.45, 7) is 0. The molecule has 0 radical (unpaired) electrons. The summed E-state index contributed by atoms with van der Waals surface area (Å²) >= 11 is 0. The van der Waals surface area contributed by atoms with Crippen LogP contribution in [-0.2, 0) is 0 Å². The summed E-state index contributed by atoms with van der Waals surface area (Å²) in [5.74, 6) is 1.94. The Bertz CT molecular complexity index is 2840. The van der Waals surface area contributed by atoms with Gasteiger partial charge >= 0.3 is 0 Å². The minimum Gasteiger partial charge on any atom is -0.309 e. The zero-order chi connectivity index (χ0) is 36.6. The van der Waals surface area contributed by atoms with Gasteiger partial charge in [0.2, 0.25) is 0 Å². The topological polar surface area (TPSA) is 43.6 Å². The summed E-state index contributed by atoms with van der Waals surface area (Å²) in [7, 11) is 0. The fourth-order valence-electron chi connectivity index (χ4n) is 7.54. The lowest BCUT2D eigenvalue weighted by atomic mass is 9.98. The minimum atomic E-state index is 0.639. The molecule has 0 aliphatic carbocycles. The molecule has 8 aromatic carbocycles. The molecule has 0 saturated carbocycles. The Labute approximate surface area is 319 Å². The van der Waals surface area contributed by atoms with E-state index < -0.39 is 0 Å². The fourth-order valence-corrected chi connectivity index (χ4v) is 7.54. The van der Waals surface area contributed by atoms with Gasteiger partial charge in [-0.15, -0.1) is 0 Å². The van der Waals surface area contributed by atoms with Crippen molar-refractivity contribution in [1.29, 1.82) is 0 Å². The first kappa shape index (κ1) is 32.2. The number of nitrogens with zero attached hydrogens (tertiary/aromatic N) is 4. The van der Waals surface area contributed by atoms with Crippen LogP contribution in [0.3, 0.4) is 0 Å². The molecule has 0 atom stereocenters. The Hall–Kier alpha value is -7.43. The average molecular weight is 703 g/mol. The van der Waals surface area contributed by atoms with E-state index in [0.29, 0.717) is 17.5 Å². The van der Waals surface area contributed by atoms with E-state index in [1.165, 1.54) is 38.5 Å². The zero-order valence-corrected chi connectivity index (χ0v) is 29.9. The smallest absolute Gasteiger partial charge is 0.164 e. The van der Waals surface area contributed by atoms with Gasteiger partial charge in [0.05, 0.1) is 11.0 Å². The van der Waals surface area contributed by atoms with Crippen molar-refractivity contribution in [3.8, 4) is 73.2 Å². The number of hydrogen-bond donors (Lipinski definition) is 0. The number of aromatic nitrogens is 4. The first-order chi connectivity index (χ1) is 27.2. The molecule has 258 valence electrons. The Kier molecular flexibility index (Phi) is 8.12. The molecule has 0 saturated heterocycles. The SMILES string of the molecule is c1ccc(-c2cc(-c3ccccc3)cc(-n3c4ccccc4c4cc(-c5cccc(-c6nc(-c7ccccc7)nc(-c7ccccc7)n6)c5)ccc43)c2)cc1. The molecule has 2 heterocycles. The number of hydrogen-bond acceptors (Lipinski definition) is 3. The van der Waals surface area contributed by atoms with Gasteiger partial charge in [0.25, 0.3) is 0 Å². The Balaban J connectivity index is 1.11. The monoisotopic (exact) mass is 702 g/mol. The van der Waals surface area contributed by atoms with Gasteiger partial charge in [-0.2, -0.15) is 0 Å². The molecule has 0 N–H and O–H groups in total. The molecule has 10 rings (SSSR count). The highest BCUT2D eigenvalue weighted by Crippen LogP contribution is 2.38. The van der Waals surface area contributed by atoms with Crippen LogP contribution in [0.15, 0.2) is 206 Å². The zero-order valence-electron chi connectivity index (χ0n) is 29.9. The van der Waals surface area contributed by atoms with Gasteiger partial charge in [0, 0.05) is 33.2 Å². The van der Waals surface area contributed by atoms with Crippen molar-refractivity contribution >= 4 is 21.8 Å². The molecule has 0 fully saturated rings. The summed E-state index contributed by atoms with van der Waals surface area (Å²) in [6, 6.07) is 72.5. The maximum absolute atomic E-state index is 4.99. The molecule has 0 aliphatic heterocycles. The molecule has 55 heavy (non-hydrogen) atoms. The third-order valence-corrected chi connectivity index (χ3v) is 10.2. The summed E-state index contributed by atoms with van der Waals surface area (Å²) in [6.07, 6.45) is 0. The van der Waals surface area contributed by atoms with Crippen molar-refractivity contribution in [3.05, 3.63) is 206 Å². The molecule has 4 nitrogen and oxygen atoms in total. The van der Waals surface area contributed by atoms with E-state index in [0.717, 1.165) is 39.0 Å². The van der Waals surface area contributed by atoms with E-state index in [2.05, 4.69) is 150 Å². The van der Waals surface area contributed by atoms with E-state index >= 15 is 0 Å². The number of para-hydroxylation sites is 1. The molecule has 10 aromatic rings. The van der Waals surface area contributed by atoms with Crippen molar-refractivity contribution in [2.75, 3.05) is 0 Å². The van der Waals surface area contributed by atoms with Crippen LogP contribution in [0.1, 0.15) is 0 Å². The molecular formula is C51H34N4. The summed E-state index contributed by atoms with van der Waals surface area (Å²) in [5.41, 5.74) is 13.2. The van der Waals surface area contributed by atoms with E-state index in [1.54, 1.807) is 0 Å². The van der Waals surface area contributed by atoms with E-state index in [4.69, 9.17) is 15.0 Å². The Morgan fingerprint density at radius 1 is 0.255 bits per heavy atom. The standard InChI is InChI=1S/C51H34N4/c1-5-16-35(17-6-1)42-31-43(36-18-7-2-8-19-36)33-44(32-42)55-47-27-14-13-26-45(47)46-34-40(28-29-48(46)55)39-24-15-25-41(30-39)51-53-49(37-20-9-3-10-21-37)52-50(54-51)38-22-11-4-12-23-38/h1-34H. The van der Waals surface area contributed by atoms with Gasteiger partial charge in [-0.05, 0) is 75.8 Å². The maximum Gasteiger partial charge on any atom is 0.164 e. The third kappa shape index (κ3) is 6.16. The lowest BCUT2D eigenvalue weighted by Gasteiger charge is -2.14. The van der Waals surface area contributed by atoms with Gasteiger partial charge in [0.1, 0.15) is 0 Å². The van der Waals surface area contributed by atoms with Crippen LogP contribution in [0.2, 0.25) is 0 Å². The highest BCUT2D eigenvalue weighted by Gasteiger charge is 2.17. The first-order valence-corrected chi connectivity index (χ1v) is 18.5. The van der Waals surface area contributed by atoms with Crippen LogP contribution in [0.5, 0.6) is 0 Å². The Morgan fingerprint density at radius 2 is 0.673 bits per heavy atom. The molecule has 2 aromatic heterocycles. The predicted octanol–water partition coefficient (Wildman–Crippen LogP) is 13.0. The van der Waals surface area contributed by atoms with Crippen LogP contribution < -0.4 is 0 Å². The predicted molar refractivity (Wildman–Crippen MR) is 227 cm³/mol. The molecule has 0 bridgehead atoms. The lowest BCUT2D eigenvalue weighted by Crippen LogP contribution is -2.00. The molecule has 0 unspecified atom stereocenters. The van der Waals surface area contributed by atoms with Gasteiger partial charge in [0.15, 0.2) is 17.5 Å². The fraction of sp³-hybridized carbons (Fsp3) is 0. The van der Waals surface area contributed by atoms with Crippen LogP contribution in [-0.4, -0.2) is 19.5 Å². The normalized spacial score (nSPS) is 11.3. The number of benzene rings is 8. The van der Waals surface area contributed by atoms with Crippen LogP contribution in [0.4, 0.5) is 0 Å². The first-order valence-electron chi connectivity index (χ1n) is 18.5. The average Bonchev–Trinajstić information content (AvgIpc) is 3.61. The third-order valence-electron chi connectivity index (χ3n) is 10.2. The van der Waals surface area contributed by atoms with Gasteiger partial charge in [-0.1, -0.05) is 164 Å². The Morgan fingerprint density at radius 3 is 1.25 bits per heavy atom. The van der Waals surface area contributed by atoms with Crippen molar-refractivity contribution < 1.29 is 0 Å². The summed E-state index contributed by atoms with van der Waals surface area (Å²) < 4.78 is 2.41. The van der Waals surface area contributed by atoms with Crippen molar-refractivity contribution in [2.24, 2.45) is 0 Å². The molecule has 0 amide bonds. The van der Waals surface area contributed by atoms with Gasteiger partial charge < -0.3 is 4.57 Å². The second-order valence-electron chi connectivity index (χ2n) is 13.7. The highest BCUT2D eigenvalue weighted by atomic mass is 15.0. The van der Waals surface area contributed by atoms with E-state index in [9.17, 15) is 0 Å². The van der Waals surface area contributed by atoms with E-state index in [1.807, 2.05) is 60.7 Å². The molecule has 4 heteroatoms. The second kappa shape index (κ2) is 13.8. The second-order valence-corrected chi connectivity index (χ2v) is 13.7. The largest absolute Gasteiger partial charge is 0.309 e. The van der Waals surface area contributed by atoms with Crippen molar-refractivity contribution in [2.45, 2.75) is 0 Å².